The fourth-order valence-electron chi connectivity index (χ4n) is 4.70. The van der Waals surface area contributed by atoms with Crippen molar-refractivity contribution in [3.63, 3.8) is 0 Å². The molecular weight excluding hydrogens is 426 g/mol. The van der Waals surface area contributed by atoms with Crippen LogP contribution in [-0.2, 0) is 10.3 Å². The van der Waals surface area contributed by atoms with Gasteiger partial charge in [-0.3, -0.25) is 9.20 Å². The number of nitrogens with zero attached hydrogens (tertiary/aromatic N) is 3. The summed E-state index contributed by atoms with van der Waals surface area (Å²) in [4.78, 5) is 21.2. The van der Waals surface area contributed by atoms with Crippen LogP contribution in [0.25, 0.3) is 28.3 Å². The van der Waals surface area contributed by atoms with Crippen molar-refractivity contribution in [3.8, 4) is 28.4 Å². The van der Waals surface area contributed by atoms with Crippen LogP contribution in [0.5, 0.6) is 5.88 Å². The van der Waals surface area contributed by atoms with Gasteiger partial charge in [-0.1, -0.05) is 54.6 Å². The van der Waals surface area contributed by atoms with Crippen molar-refractivity contribution in [2.45, 2.75) is 37.6 Å². The fourth-order valence-corrected chi connectivity index (χ4v) is 4.70. The van der Waals surface area contributed by atoms with Gasteiger partial charge in [0.05, 0.1) is 16.8 Å². The van der Waals surface area contributed by atoms with E-state index in [1.54, 1.807) is 6.07 Å². The number of hydrogen-bond acceptors (Lipinski definition) is 5. The Labute approximate surface area is 197 Å². The summed E-state index contributed by atoms with van der Waals surface area (Å²) in [7, 11) is 0. The van der Waals surface area contributed by atoms with Crippen LogP contribution in [0.2, 0.25) is 0 Å². The molecule has 2 heterocycles. The number of ether oxygens (including phenoxy) is 1. The number of imidazole rings is 1. The minimum atomic E-state index is -0.549. The summed E-state index contributed by atoms with van der Waals surface area (Å²) < 4.78 is 7.83. The van der Waals surface area contributed by atoms with Crippen LogP contribution in [0.15, 0.2) is 66.9 Å². The number of primary amides is 1. The van der Waals surface area contributed by atoms with E-state index in [1.165, 1.54) is 12.0 Å². The largest absolute Gasteiger partial charge is 0.476 e. The molecule has 7 heteroatoms. The third-order valence-electron chi connectivity index (χ3n) is 7.37. The van der Waals surface area contributed by atoms with Gasteiger partial charge in [-0.25, -0.2) is 4.98 Å². The lowest BCUT2D eigenvalue weighted by Crippen LogP contribution is -2.43. The molecule has 4 N–H and O–H groups in total. The van der Waals surface area contributed by atoms with Gasteiger partial charge in [0.2, 0.25) is 17.6 Å². The molecule has 0 spiro atoms. The SMILES string of the molecule is NC(=O)C1(COc2ccn3c(-c4ccccc4)c(-c4ccc(C5(N)CCC5)cc4)nc3n2)CC1. The first-order valence-electron chi connectivity index (χ1n) is 11.7. The Hall–Kier alpha value is -3.71. The highest BCUT2D eigenvalue weighted by Gasteiger charge is 2.49. The molecule has 2 aromatic carbocycles. The molecule has 0 unspecified atom stereocenters. The summed E-state index contributed by atoms with van der Waals surface area (Å²) in [5.74, 6) is 0.655. The summed E-state index contributed by atoms with van der Waals surface area (Å²) in [6.45, 7) is 0.243. The molecule has 172 valence electrons. The zero-order chi connectivity index (χ0) is 23.3. The number of rotatable bonds is 7. The van der Waals surface area contributed by atoms with Crippen molar-refractivity contribution in [1.29, 1.82) is 0 Å². The number of carbonyl (C=O) groups is 1. The first-order chi connectivity index (χ1) is 16.5. The highest BCUT2D eigenvalue weighted by molar-refractivity contribution is 5.84. The zero-order valence-electron chi connectivity index (χ0n) is 18.9. The predicted octanol–water partition coefficient (Wildman–Crippen LogP) is 4.05. The Morgan fingerprint density at radius 3 is 2.29 bits per heavy atom. The third-order valence-corrected chi connectivity index (χ3v) is 7.37. The number of hydrogen-bond donors (Lipinski definition) is 2. The zero-order valence-corrected chi connectivity index (χ0v) is 18.9. The molecule has 2 fully saturated rings. The lowest BCUT2D eigenvalue weighted by atomic mass is 9.72. The minimum absolute atomic E-state index is 0.197. The average molecular weight is 454 g/mol. The maximum absolute atomic E-state index is 11.7. The number of nitrogens with two attached hydrogens (primary N) is 2. The van der Waals surface area contributed by atoms with Crippen LogP contribution in [0.1, 0.15) is 37.7 Å². The van der Waals surface area contributed by atoms with Gasteiger partial charge in [0.1, 0.15) is 6.61 Å². The summed E-state index contributed by atoms with van der Waals surface area (Å²) in [6.07, 6.45) is 6.67. The number of amides is 1. The van der Waals surface area contributed by atoms with Gasteiger partial charge in [0.15, 0.2) is 0 Å². The number of aromatic nitrogens is 3. The summed E-state index contributed by atoms with van der Waals surface area (Å²) in [5, 5.41) is 0. The van der Waals surface area contributed by atoms with Crippen LogP contribution in [0.3, 0.4) is 0 Å². The van der Waals surface area contributed by atoms with Crippen LogP contribution < -0.4 is 16.2 Å². The summed E-state index contributed by atoms with van der Waals surface area (Å²) >= 11 is 0. The summed E-state index contributed by atoms with van der Waals surface area (Å²) in [6, 6.07) is 20.4. The molecule has 2 saturated carbocycles. The molecule has 2 aliphatic rings. The number of benzene rings is 2. The maximum atomic E-state index is 11.7. The monoisotopic (exact) mass is 453 g/mol. The van der Waals surface area contributed by atoms with Crippen LogP contribution in [-0.4, -0.2) is 26.9 Å². The molecule has 0 atom stereocenters. The first-order valence-corrected chi connectivity index (χ1v) is 11.7. The van der Waals surface area contributed by atoms with E-state index >= 15 is 0 Å². The molecule has 6 rings (SSSR count). The molecule has 1 amide bonds. The van der Waals surface area contributed by atoms with Gasteiger partial charge in [0.25, 0.3) is 0 Å². The Bertz CT molecular complexity index is 1370. The van der Waals surface area contributed by atoms with Crippen molar-refractivity contribution in [1.82, 2.24) is 14.4 Å². The van der Waals surface area contributed by atoms with E-state index in [2.05, 4.69) is 41.4 Å². The van der Waals surface area contributed by atoms with Gasteiger partial charge >= 0.3 is 0 Å². The second kappa shape index (κ2) is 7.67. The van der Waals surface area contributed by atoms with Crippen molar-refractivity contribution in [2.24, 2.45) is 16.9 Å². The lowest BCUT2D eigenvalue weighted by molar-refractivity contribution is -0.124. The van der Waals surface area contributed by atoms with Gasteiger partial charge in [-0.15, -0.1) is 0 Å². The van der Waals surface area contributed by atoms with Crippen molar-refractivity contribution < 1.29 is 9.53 Å². The Balaban J connectivity index is 1.39. The normalized spacial score (nSPS) is 17.8. The Kier molecular flexibility index (Phi) is 4.71. The fraction of sp³-hybridized carbons (Fsp3) is 0.296. The average Bonchev–Trinajstić information content (AvgIpc) is 3.55. The van der Waals surface area contributed by atoms with E-state index in [0.29, 0.717) is 11.7 Å². The molecule has 0 radical (unpaired) electrons. The number of carbonyl (C=O) groups excluding carboxylic acids is 1. The molecule has 2 aliphatic carbocycles. The van der Waals surface area contributed by atoms with E-state index < -0.39 is 5.41 Å². The smallest absolute Gasteiger partial charge is 0.238 e. The molecule has 7 nitrogen and oxygen atoms in total. The van der Waals surface area contributed by atoms with Crippen molar-refractivity contribution >= 4 is 11.7 Å². The van der Waals surface area contributed by atoms with Gasteiger partial charge < -0.3 is 16.2 Å². The summed E-state index contributed by atoms with van der Waals surface area (Å²) in [5.41, 5.74) is 16.3. The van der Waals surface area contributed by atoms with E-state index in [0.717, 1.165) is 48.2 Å². The van der Waals surface area contributed by atoms with Gasteiger partial charge in [-0.05, 0) is 37.7 Å². The minimum Gasteiger partial charge on any atom is -0.476 e. The molecule has 4 aromatic rings. The van der Waals surface area contributed by atoms with Crippen LogP contribution >= 0.6 is 0 Å². The highest BCUT2D eigenvalue weighted by atomic mass is 16.5. The van der Waals surface area contributed by atoms with Gasteiger partial charge in [0, 0.05) is 28.9 Å². The predicted molar refractivity (Wildman–Crippen MR) is 130 cm³/mol. The van der Waals surface area contributed by atoms with Crippen molar-refractivity contribution in [3.05, 3.63) is 72.4 Å². The molecule has 2 aromatic heterocycles. The molecule has 0 aliphatic heterocycles. The van der Waals surface area contributed by atoms with E-state index in [4.69, 9.17) is 21.2 Å². The van der Waals surface area contributed by atoms with Crippen LogP contribution in [0, 0.1) is 5.41 Å². The van der Waals surface area contributed by atoms with Gasteiger partial charge in [-0.2, -0.15) is 4.98 Å². The maximum Gasteiger partial charge on any atom is 0.238 e. The third kappa shape index (κ3) is 3.44. The van der Waals surface area contributed by atoms with Crippen molar-refractivity contribution in [2.75, 3.05) is 6.61 Å². The molecule has 0 bridgehead atoms. The second-order valence-electron chi connectivity index (χ2n) is 9.63. The topological polar surface area (TPSA) is 109 Å². The van der Waals surface area contributed by atoms with Crippen LogP contribution in [0.4, 0.5) is 0 Å². The molecule has 0 saturated heterocycles. The standard InChI is InChI=1S/C27H27N5O2/c28-24(33)26(14-15-26)17-34-21-11-16-32-23(19-5-2-1-3-6-19)22(31-25(32)30-21)18-7-9-20(10-8-18)27(29)12-4-13-27/h1-3,5-11,16H,4,12-15,17,29H2,(H2,28,33). The van der Waals surface area contributed by atoms with E-state index in [9.17, 15) is 4.79 Å². The Morgan fingerprint density at radius 1 is 0.941 bits per heavy atom. The van der Waals surface area contributed by atoms with E-state index in [-0.39, 0.29) is 18.1 Å². The quantitative estimate of drug-likeness (QED) is 0.439. The first kappa shape index (κ1) is 20.9. The lowest BCUT2D eigenvalue weighted by Gasteiger charge is -2.38. The molecule has 34 heavy (non-hydrogen) atoms. The number of fused-ring (bicyclic) bond motifs is 1. The van der Waals surface area contributed by atoms with E-state index in [1.807, 2.05) is 28.8 Å². The second-order valence-corrected chi connectivity index (χ2v) is 9.63. The highest BCUT2D eigenvalue weighted by Crippen LogP contribution is 2.45. The molecular formula is C27H27N5O2. The Morgan fingerprint density at radius 2 is 1.68 bits per heavy atom.